The molecule has 102 valence electrons. The summed E-state index contributed by atoms with van der Waals surface area (Å²) in [6, 6.07) is 4.05. The summed E-state index contributed by atoms with van der Waals surface area (Å²) in [6.07, 6.45) is 1.05. The third-order valence-electron chi connectivity index (χ3n) is 3.06. The fourth-order valence-electron chi connectivity index (χ4n) is 1.91. The molecule has 0 aliphatic heterocycles. The van der Waals surface area contributed by atoms with E-state index in [1.807, 2.05) is 6.07 Å². The van der Waals surface area contributed by atoms with Crippen molar-refractivity contribution in [2.45, 2.75) is 33.2 Å². The van der Waals surface area contributed by atoms with Crippen LogP contribution in [0.15, 0.2) is 12.1 Å². The SMILES string of the molecule is CCC(Nc1cc(OC)c(Cl)cc1OC)C(C)C. The van der Waals surface area contributed by atoms with Gasteiger partial charge < -0.3 is 14.8 Å². The quantitative estimate of drug-likeness (QED) is 0.841. The molecule has 18 heavy (non-hydrogen) atoms. The van der Waals surface area contributed by atoms with E-state index in [2.05, 4.69) is 26.1 Å². The molecule has 0 aromatic heterocycles. The van der Waals surface area contributed by atoms with E-state index in [-0.39, 0.29) is 0 Å². The number of hydrogen-bond acceptors (Lipinski definition) is 3. The van der Waals surface area contributed by atoms with E-state index < -0.39 is 0 Å². The zero-order chi connectivity index (χ0) is 13.7. The lowest BCUT2D eigenvalue weighted by Crippen LogP contribution is -2.24. The Bertz CT molecular complexity index is 394. The Labute approximate surface area is 114 Å². The molecule has 1 atom stereocenters. The Hall–Kier alpha value is -1.09. The van der Waals surface area contributed by atoms with Gasteiger partial charge in [0.05, 0.1) is 24.9 Å². The van der Waals surface area contributed by atoms with Crippen molar-refractivity contribution >= 4 is 17.3 Å². The first-order valence-corrected chi connectivity index (χ1v) is 6.59. The van der Waals surface area contributed by atoms with Crippen molar-refractivity contribution in [3.8, 4) is 11.5 Å². The van der Waals surface area contributed by atoms with Gasteiger partial charge in [0.1, 0.15) is 11.5 Å². The molecule has 1 rings (SSSR count). The van der Waals surface area contributed by atoms with Crippen molar-refractivity contribution in [1.82, 2.24) is 0 Å². The first-order chi connectivity index (χ1) is 8.53. The van der Waals surface area contributed by atoms with Crippen LogP contribution in [-0.2, 0) is 0 Å². The summed E-state index contributed by atoms with van der Waals surface area (Å²) in [7, 11) is 3.25. The maximum Gasteiger partial charge on any atom is 0.143 e. The summed E-state index contributed by atoms with van der Waals surface area (Å²) in [5.41, 5.74) is 0.916. The molecule has 0 spiro atoms. The molecule has 1 aromatic carbocycles. The second-order valence-electron chi connectivity index (χ2n) is 4.59. The van der Waals surface area contributed by atoms with Crippen molar-refractivity contribution in [1.29, 1.82) is 0 Å². The van der Waals surface area contributed by atoms with E-state index in [1.165, 1.54) is 0 Å². The minimum Gasteiger partial charge on any atom is -0.495 e. The van der Waals surface area contributed by atoms with Crippen LogP contribution in [0.3, 0.4) is 0 Å². The number of anilines is 1. The van der Waals surface area contributed by atoms with Gasteiger partial charge >= 0.3 is 0 Å². The molecule has 0 aliphatic carbocycles. The van der Waals surface area contributed by atoms with E-state index in [0.29, 0.717) is 22.7 Å². The van der Waals surface area contributed by atoms with E-state index in [0.717, 1.165) is 17.9 Å². The highest BCUT2D eigenvalue weighted by Crippen LogP contribution is 2.36. The van der Waals surface area contributed by atoms with Crippen LogP contribution < -0.4 is 14.8 Å². The number of ether oxygens (including phenoxy) is 2. The summed E-state index contributed by atoms with van der Waals surface area (Å²) < 4.78 is 10.6. The Morgan fingerprint density at radius 3 is 2.22 bits per heavy atom. The predicted octanol–water partition coefficient (Wildman–Crippen LogP) is 4.20. The van der Waals surface area contributed by atoms with Gasteiger partial charge in [-0.15, -0.1) is 0 Å². The molecule has 0 aliphatic rings. The maximum absolute atomic E-state index is 6.08. The largest absolute Gasteiger partial charge is 0.495 e. The maximum atomic E-state index is 6.08. The number of halogens is 1. The normalized spacial score (nSPS) is 12.4. The smallest absolute Gasteiger partial charge is 0.143 e. The average Bonchev–Trinajstić information content (AvgIpc) is 2.36. The fraction of sp³-hybridized carbons (Fsp3) is 0.571. The van der Waals surface area contributed by atoms with Gasteiger partial charge in [0, 0.05) is 18.2 Å². The lowest BCUT2D eigenvalue weighted by Gasteiger charge is -2.23. The van der Waals surface area contributed by atoms with Gasteiger partial charge in [0.25, 0.3) is 0 Å². The Morgan fingerprint density at radius 1 is 1.17 bits per heavy atom. The molecule has 3 nitrogen and oxygen atoms in total. The molecule has 0 saturated carbocycles. The summed E-state index contributed by atoms with van der Waals surface area (Å²) in [4.78, 5) is 0. The van der Waals surface area contributed by atoms with Crippen molar-refractivity contribution in [2.24, 2.45) is 5.92 Å². The van der Waals surface area contributed by atoms with Crippen molar-refractivity contribution < 1.29 is 9.47 Å². The van der Waals surface area contributed by atoms with E-state index in [4.69, 9.17) is 21.1 Å². The minimum atomic E-state index is 0.393. The van der Waals surface area contributed by atoms with E-state index in [9.17, 15) is 0 Å². The number of rotatable bonds is 6. The fourth-order valence-corrected chi connectivity index (χ4v) is 2.14. The zero-order valence-corrected chi connectivity index (χ0v) is 12.5. The van der Waals surface area contributed by atoms with Crippen LogP contribution in [-0.4, -0.2) is 20.3 Å². The van der Waals surface area contributed by atoms with Crippen LogP contribution in [0, 0.1) is 5.92 Å². The number of nitrogens with one attached hydrogen (secondary N) is 1. The van der Waals surface area contributed by atoms with Crippen LogP contribution in [0.5, 0.6) is 11.5 Å². The van der Waals surface area contributed by atoms with Crippen LogP contribution in [0.25, 0.3) is 0 Å². The van der Waals surface area contributed by atoms with Gasteiger partial charge in [0.2, 0.25) is 0 Å². The van der Waals surface area contributed by atoms with Crippen molar-refractivity contribution in [3.05, 3.63) is 17.2 Å². The summed E-state index contributed by atoms with van der Waals surface area (Å²) >= 11 is 6.08. The molecule has 0 amide bonds. The van der Waals surface area contributed by atoms with Crippen molar-refractivity contribution in [3.63, 3.8) is 0 Å². The first kappa shape index (κ1) is 15.0. The monoisotopic (exact) mass is 271 g/mol. The van der Waals surface area contributed by atoms with Gasteiger partial charge in [-0.05, 0) is 12.3 Å². The highest BCUT2D eigenvalue weighted by Gasteiger charge is 2.15. The van der Waals surface area contributed by atoms with Gasteiger partial charge in [-0.3, -0.25) is 0 Å². The molecular formula is C14H22ClNO2. The lowest BCUT2D eigenvalue weighted by atomic mass is 10.0. The first-order valence-electron chi connectivity index (χ1n) is 6.21. The molecule has 0 radical (unpaired) electrons. The van der Waals surface area contributed by atoms with Gasteiger partial charge in [0.15, 0.2) is 0 Å². The second kappa shape index (κ2) is 6.74. The highest BCUT2D eigenvalue weighted by molar-refractivity contribution is 6.32. The Kier molecular flexibility index (Phi) is 5.60. The van der Waals surface area contributed by atoms with Crippen LogP contribution >= 0.6 is 11.6 Å². The predicted molar refractivity (Wildman–Crippen MR) is 77.1 cm³/mol. The third kappa shape index (κ3) is 3.45. The summed E-state index contributed by atoms with van der Waals surface area (Å²) in [5, 5.41) is 4.04. The molecule has 0 bridgehead atoms. The number of methoxy groups -OCH3 is 2. The second-order valence-corrected chi connectivity index (χ2v) is 5.00. The average molecular weight is 272 g/mol. The zero-order valence-electron chi connectivity index (χ0n) is 11.7. The molecule has 0 saturated heterocycles. The van der Waals surface area contributed by atoms with Crippen LogP contribution in [0.2, 0.25) is 5.02 Å². The molecule has 1 unspecified atom stereocenters. The van der Waals surface area contributed by atoms with Gasteiger partial charge in [-0.2, -0.15) is 0 Å². The molecular weight excluding hydrogens is 250 g/mol. The van der Waals surface area contributed by atoms with Crippen LogP contribution in [0.1, 0.15) is 27.2 Å². The molecule has 4 heteroatoms. The van der Waals surface area contributed by atoms with E-state index in [1.54, 1.807) is 20.3 Å². The Balaban J connectivity index is 3.05. The standard InChI is InChI=1S/C14H22ClNO2/c1-6-11(9(2)3)16-12-8-13(17-4)10(15)7-14(12)18-5/h7-9,11,16H,6H2,1-5H3. The van der Waals surface area contributed by atoms with Crippen LogP contribution in [0.4, 0.5) is 5.69 Å². The minimum absolute atomic E-state index is 0.393. The Morgan fingerprint density at radius 2 is 1.78 bits per heavy atom. The van der Waals surface area contributed by atoms with Crippen molar-refractivity contribution in [2.75, 3.05) is 19.5 Å². The third-order valence-corrected chi connectivity index (χ3v) is 3.35. The van der Waals surface area contributed by atoms with Gasteiger partial charge in [-0.25, -0.2) is 0 Å². The summed E-state index contributed by atoms with van der Waals surface area (Å²) in [6.45, 7) is 6.55. The molecule has 1 N–H and O–H groups in total. The summed E-state index contributed by atoms with van der Waals surface area (Å²) in [5.74, 6) is 1.93. The molecule has 1 aromatic rings. The lowest BCUT2D eigenvalue weighted by molar-refractivity contribution is 0.403. The highest BCUT2D eigenvalue weighted by atomic mass is 35.5. The topological polar surface area (TPSA) is 30.5 Å². The number of benzene rings is 1. The van der Waals surface area contributed by atoms with Gasteiger partial charge in [-0.1, -0.05) is 32.4 Å². The molecule has 0 fully saturated rings. The molecule has 0 heterocycles. The number of hydrogen-bond donors (Lipinski definition) is 1. The van der Waals surface area contributed by atoms with E-state index >= 15 is 0 Å².